The van der Waals surface area contributed by atoms with Crippen molar-refractivity contribution in [2.24, 2.45) is 0 Å². The molecule has 33 heavy (non-hydrogen) atoms. The zero-order valence-electron chi connectivity index (χ0n) is 18.5. The summed E-state index contributed by atoms with van der Waals surface area (Å²) < 4.78 is 1.92. The van der Waals surface area contributed by atoms with Crippen molar-refractivity contribution in [3.63, 3.8) is 0 Å². The molecule has 0 unspecified atom stereocenters. The highest BCUT2D eigenvalue weighted by molar-refractivity contribution is 5.93. The fourth-order valence-electron chi connectivity index (χ4n) is 4.31. The maximum absolute atomic E-state index is 12.1. The number of H-pyrrole nitrogens is 1. The molecular weight excluding hydrogens is 416 g/mol. The number of aromatic nitrogens is 5. The number of nitriles is 1. The van der Waals surface area contributed by atoms with Crippen LogP contribution in [0.5, 0.6) is 0 Å². The number of carbonyl (C=O) groups is 1. The molecule has 4 aromatic heterocycles. The van der Waals surface area contributed by atoms with Gasteiger partial charge in [0.25, 0.3) is 5.91 Å². The van der Waals surface area contributed by atoms with Crippen molar-refractivity contribution in [1.29, 1.82) is 5.26 Å². The number of fused-ring (bicyclic) bond motifs is 1. The minimum atomic E-state index is -0.412. The first kappa shape index (κ1) is 20.7. The Kier molecular flexibility index (Phi) is 5.05. The van der Waals surface area contributed by atoms with Gasteiger partial charge < -0.3 is 15.2 Å². The Hall–Kier alpha value is -4.19. The summed E-state index contributed by atoms with van der Waals surface area (Å²) in [6.07, 6.45) is 9.56. The van der Waals surface area contributed by atoms with Crippen molar-refractivity contribution in [1.82, 2.24) is 30.0 Å². The lowest BCUT2D eigenvalue weighted by molar-refractivity contribution is 0.0938. The molecule has 1 aliphatic heterocycles. The molecule has 0 radical (unpaired) electrons. The van der Waals surface area contributed by atoms with Crippen molar-refractivity contribution in [2.45, 2.75) is 31.8 Å². The van der Waals surface area contributed by atoms with Gasteiger partial charge in [0.2, 0.25) is 0 Å². The molecule has 1 aliphatic rings. The van der Waals surface area contributed by atoms with Gasteiger partial charge in [0.05, 0.1) is 30.6 Å². The van der Waals surface area contributed by atoms with Crippen molar-refractivity contribution < 1.29 is 4.79 Å². The quantitative estimate of drug-likeness (QED) is 0.476. The van der Waals surface area contributed by atoms with E-state index in [1.807, 2.05) is 55.3 Å². The van der Waals surface area contributed by atoms with Crippen LogP contribution >= 0.6 is 0 Å². The highest BCUT2D eigenvalue weighted by Crippen LogP contribution is 2.37. The number of hydrogen-bond donors (Lipinski definition) is 2. The molecule has 4 aromatic rings. The lowest BCUT2D eigenvalue weighted by atomic mass is 9.86. The van der Waals surface area contributed by atoms with Crippen LogP contribution in [0.2, 0.25) is 0 Å². The number of anilines is 1. The van der Waals surface area contributed by atoms with Crippen LogP contribution < -0.4 is 10.2 Å². The lowest BCUT2D eigenvalue weighted by Crippen LogP contribution is -2.63. The molecule has 9 heteroatoms. The molecule has 1 saturated heterocycles. The third-order valence-corrected chi connectivity index (χ3v) is 5.98. The normalized spacial score (nSPS) is 14.8. The number of hydrogen-bond acceptors (Lipinski definition) is 6. The van der Waals surface area contributed by atoms with E-state index in [9.17, 15) is 10.1 Å². The monoisotopic (exact) mass is 440 g/mol. The van der Waals surface area contributed by atoms with Crippen LogP contribution in [0.1, 0.15) is 30.8 Å². The fourth-order valence-corrected chi connectivity index (χ4v) is 4.31. The maximum Gasteiger partial charge on any atom is 0.270 e. The molecule has 0 aliphatic carbocycles. The number of nitrogens with zero attached hydrogens (tertiary/aromatic N) is 6. The molecule has 0 bridgehead atoms. The summed E-state index contributed by atoms with van der Waals surface area (Å²) in [7, 11) is 0. The third kappa shape index (κ3) is 3.69. The van der Waals surface area contributed by atoms with E-state index >= 15 is 0 Å². The molecule has 2 N–H and O–H groups in total. The third-order valence-electron chi connectivity index (χ3n) is 5.98. The Labute approximate surface area is 191 Å². The molecule has 0 atom stereocenters. The van der Waals surface area contributed by atoms with Gasteiger partial charge in [-0.05, 0) is 43.7 Å². The van der Waals surface area contributed by atoms with Gasteiger partial charge in [-0.3, -0.25) is 9.48 Å². The van der Waals surface area contributed by atoms with E-state index in [4.69, 9.17) is 0 Å². The summed E-state index contributed by atoms with van der Waals surface area (Å²) in [6.45, 7) is 5.10. The second-order valence-corrected chi connectivity index (χ2v) is 8.72. The minimum Gasteiger partial charge on any atom is -0.365 e. The van der Waals surface area contributed by atoms with E-state index in [0.29, 0.717) is 25.2 Å². The average molecular weight is 441 g/mol. The smallest absolute Gasteiger partial charge is 0.270 e. The number of rotatable bonds is 6. The standard InChI is InChI=1S/C24H24N8O/c1-16(2)30-23(33)21-4-3-18(12-28-21)31-14-24(15-31,7-8-25)32-13-17(11-29-32)19-5-9-26-22-20(19)6-10-27-22/h3-6,9-13,16H,7,14-15H2,1-2H3,(H,26,27)(H,30,33). The van der Waals surface area contributed by atoms with Crippen LogP contribution in [-0.4, -0.2) is 49.8 Å². The van der Waals surface area contributed by atoms with Crippen LogP contribution in [0.3, 0.4) is 0 Å². The molecular formula is C24H24N8O. The molecule has 1 fully saturated rings. The Morgan fingerprint density at radius 3 is 2.82 bits per heavy atom. The van der Waals surface area contributed by atoms with Gasteiger partial charge in [0, 0.05) is 48.7 Å². The summed E-state index contributed by atoms with van der Waals surface area (Å²) in [5, 5.41) is 18.0. The zero-order chi connectivity index (χ0) is 23.0. The van der Waals surface area contributed by atoms with Crippen molar-refractivity contribution in [2.75, 3.05) is 18.0 Å². The Morgan fingerprint density at radius 2 is 2.09 bits per heavy atom. The molecule has 166 valence electrons. The first-order chi connectivity index (χ1) is 16.0. The van der Waals surface area contributed by atoms with Crippen LogP contribution in [0.4, 0.5) is 5.69 Å². The number of nitrogens with one attached hydrogen (secondary N) is 2. The minimum absolute atomic E-state index is 0.0559. The van der Waals surface area contributed by atoms with E-state index in [1.165, 1.54) is 0 Å². The number of pyridine rings is 2. The predicted octanol–water partition coefficient (Wildman–Crippen LogP) is 3.09. The van der Waals surface area contributed by atoms with Gasteiger partial charge in [0.15, 0.2) is 0 Å². The van der Waals surface area contributed by atoms with Crippen LogP contribution in [0.25, 0.3) is 22.2 Å². The second-order valence-electron chi connectivity index (χ2n) is 8.72. The number of amides is 1. The summed E-state index contributed by atoms with van der Waals surface area (Å²) in [6, 6.07) is 9.99. The van der Waals surface area contributed by atoms with Crippen LogP contribution in [0, 0.1) is 11.3 Å². The van der Waals surface area contributed by atoms with E-state index in [2.05, 4.69) is 36.3 Å². The summed E-state index contributed by atoms with van der Waals surface area (Å²) in [5.74, 6) is -0.185. The fraction of sp³-hybridized carbons (Fsp3) is 0.292. The van der Waals surface area contributed by atoms with Gasteiger partial charge in [-0.25, -0.2) is 9.97 Å². The Morgan fingerprint density at radius 1 is 1.24 bits per heavy atom. The van der Waals surface area contributed by atoms with Gasteiger partial charge in [-0.1, -0.05) is 0 Å². The predicted molar refractivity (Wildman–Crippen MR) is 125 cm³/mol. The number of aromatic amines is 1. The van der Waals surface area contributed by atoms with Gasteiger partial charge >= 0.3 is 0 Å². The highest BCUT2D eigenvalue weighted by Gasteiger charge is 2.45. The zero-order valence-corrected chi connectivity index (χ0v) is 18.5. The van der Waals surface area contributed by atoms with E-state index in [1.54, 1.807) is 18.5 Å². The Bertz CT molecular complexity index is 1340. The maximum atomic E-state index is 12.1. The van der Waals surface area contributed by atoms with Gasteiger partial charge in [0.1, 0.15) is 16.9 Å². The molecule has 0 spiro atoms. The number of carbonyl (C=O) groups excluding carboxylic acids is 1. The second kappa shape index (κ2) is 8.06. The lowest BCUT2D eigenvalue weighted by Gasteiger charge is -2.50. The molecule has 0 aromatic carbocycles. The van der Waals surface area contributed by atoms with E-state index in [-0.39, 0.29) is 11.9 Å². The van der Waals surface area contributed by atoms with Crippen molar-refractivity contribution in [3.05, 3.63) is 60.9 Å². The average Bonchev–Trinajstić information content (AvgIpc) is 3.45. The van der Waals surface area contributed by atoms with Crippen molar-refractivity contribution in [3.8, 4) is 17.2 Å². The summed E-state index contributed by atoms with van der Waals surface area (Å²) in [5.41, 5.74) is 3.77. The molecule has 1 amide bonds. The largest absolute Gasteiger partial charge is 0.365 e. The van der Waals surface area contributed by atoms with Gasteiger partial charge in [-0.2, -0.15) is 10.4 Å². The topological polar surface area (TPSA) is 116 Å². The molecule has 9 nitrogen and oxygen atoms in total. The molecule has 0 saturated carbocycles. The summed E-state index contributed by atoms with van der Waals surface area (Å²) >= 11 is 0. The first-order valence-electron chi connectivity index (χ1n) is 10.9. The molecule has 5 heterocycles. The van der Waals surface area contributed by atoms with E-state index < -0.39 is 5.54 Å². The van der Waals surface area contributed by atoms with Gasteiger partial charge in [-0.15, -0.1) is 0 Å². The summed E-state index contributed by atoms with van der Waals surface area (Å²) in [4.78, 5) is 26.1. The van der Waals surface area contributed by atoms with Crippen LogP contribution in [-0.2, 0) is 5.54 Å². The van der Waals surface area contributed by atoms with E-state index in [0.717, 1.165) is 27.8 Å². The van der Waals surface area contributed by atoms with Crippen molar-refractivity contribution >= 4 is 22.6 Å². The first-order valence-corrected chi connectivity index (χ1v) is 10.9. The van der Waals surface area contributed by atoms with Crippen LogP contribution in [0.15, 0.2) is 55.2 Å². The molecule has 5 rings (SSSR count). The SMILES string of the molecule is CC(C)NC(=O)c1ccc(N2CC(CC#N)(n3cc(-c4ccnc5[nH]ccc45)cn3)C2)cn1. The highest BCUT2D eigenvalue weighted by atomic mass is 16.1. The Balaban J connectivity index is 1.35.